The molecule has 0 aliphatic carbocycles. The van der Waals surface area contributed by atoms with E-state index >= 15 is 0 Å². The van der Waals surface area contributed by atoms with Crippen LogP contribution >= 0.6 is 0 Å². The third-order valence-electron chi connectivity index (χ3n) is 2.07. The number of hydrogen-bond acceptors (Lipinski definition) is 3. The van der Waals surface area contributed by atoms with Crippen LogP contribution in [0.4, 0.5) is 0 Å². The van der Waals surface area contributed by atoms with Gasteiger partial charge in [-0.05, 0) is 31.0 Å². The summed E-state index contributed by atoms with van der Waals surface area (Å²) in [4.78, 5) is 11.4. The Bertz CT molecular complexity index is 493. The second kappa shape index (κ2) is 4.00. The van der Waals surface area contributed by atoms with E-state index in [1.807, 2.05) is 0 Å². The fraction of sp³-hybridized carbons (Fsp3) is 0.222. The Morgan fingerprint density at radius 1 is 1.33 bits per heavy atom. The Kier molecular flexibility index (Phi) is 3.11. The number of amides is 1. The molecule has 0 aliphatic heterocycles. The first kappa shape index (κ1) is 11.7. The van der Waals surface area contributed by atoms with E-state index in [9.17, 15) is 13.2 Å². The summed E-state index contributed by atoms with van der Waals surface area (Å²) >= 11 is 0. The van der Waals surface area contributed by atoms with Gasteiger partial charge in [0.25, 0.3) is 5.91 Å². The van der Waals surface area contributed by atoms with Crippen molar-refractivity contribution in [3.8, 4) is 0 Å². The molecule has 2 N–H and O–H groups in total. The molecule has 0 aromatic heterocycles. The molecule has 1 aromatic rings. The van der Waals surface area contributed by atoms with E-state index in [0.29, 0.717) is 5.56 Å². The van der Waals surface area contributed by atoms with Crippen molar-refractivity contribution in [1.29, 1.82) is 0 Å². The molecule has 0 atom stereocenters. The summed E-state index contributed by atoms with van der Waals surface area (Å²) in [5.41, 5.74) is 1.78. The van der Waals surface area contributed by atoms with Crippen LogP contribution in [-0.2, 0) is 10.3 Å². The lowest BCUT2D eigenvalue weighted by atomic mass is 10.0. The summed E-state index contributed by atoms with van der Waals surface area (Å²) in [5.74, 6) is -0.835. The number of benzene rings is 1. The van der Waals surface area contributed by atoms with E-state index in [4.69, 9.17) is 4.55 Å². The van der Waals surface area contributed by atoms with Crippen LogP contribution in [0.15, 0.2) is 18.2 Å². The smallest absolute Gasteiger partial charge is 0.269 e. The van der Waals surface area contributed by atoms with E-state index in [0.717, 1.165) is 5.56 Å². The van der Waals surface area contributed by atoms with Crippen molar-refractivity contribution in [3.05, 3.63) is 34.9 Å². The molecule has 1 aromatic carbocycles. The van der Waals surface area contributed by atoms with Gasteiger partial charge in [-0.25, -0.2) is 4.72 Å². The van der Waals surface area contributed by atoms with Gasteiger partial charge in [0.2, 0.25) is 0 Å². The quantitative estimate of drug-likeness (QED) is 0.736. The molecule has 5 nitrogen and oxygen atoms in total. The van der Waals surface area contributed by atoms with Crippen LogP contribution in [0.2, 0.25) is 0 Å². The molecular weight excluding hydrogens is 218 g/mol. The molecule has 0 bridgehead atoms. The number of rotatable bonds is 2. The second-order valence-electron chi connectivity index (χ2n) is 3.15. The van der Waals surface area contributed by atoms with Gasteiger partial charge in [-0.1, -0.05) is 12.1 Å². The molecule has 0 fully saturated rings. The maximum absolute atomic E-state index is 11.4. The van der Waals surface area contributed by atoms with Crippen LogP contribution in [-0.4, -0.2) is 18.9 Å². The van der Waals surface area contributed by atoms with Crippen LogP contribution in [0.1, 0.15) is 21.5 Å². The minimum absolute atomic E-state index is 0.229. The second-order valence-corrected chi connectivity index (χ2v) is 4.31. The standard InChI is InChI=1S/C9H11NO4S/c1-6-4-3-5-8(7(6)2)9(11)10-15(12,13)14/h3-5H,1-2H3,(H,10,11)(H,12,13,14). The molecule has 6 heteroatoms. The molecular formula is C9H11NO4S. The molecule has 82 valence electrons. The summed E-state index contributed by atoms with van der Waals surface area (Å²) < 4.78 is 30.8. The zero-order valence-electron chi connectivity index (χ0n) is 8.31. The predicted molar refractivity (Wildman–Crippen MR) is 54.9 cm³/mol. The van der Waals surface area contributed by atoms with Crippen LogP contribution in [0.25, 0.3) is 0 Å². The van der Waals surface area contributed by atoms with Gasteiger partial charge in [-0.3, -0.25) is 9.35 Å². The van der Waals surface area contributed by atoms with Crippen molar-refractivity contribution in [2.45, 2.75) is 13.8 Å². The molecule has 0 spiro atoms. The van der Waals surface area contributed by atoms with E-state index in [2.05, 4.69) is 0 Å². The van der Waals surface area contributed by atoms with Gasteiger partial charge in [0.1, 0.15) is 0 Å². The van der Waals surface area contributed by atoms with Gasteiger partial charge in [-0.15, -0.1) is 0 Å². The van der Waals surface area contributed by atoms with Crippen molar-refractivity contribution in [1.82, 2.24) is 4.72 Å². The van der Waals surface area contributed by atoms with Gasteiger partial charge >= 0.3 is 10.3 Å². The van der Waals surface area contributed by atoms with Crippen molar-refractivity contribution in [2.75, 3.05) is 0 Å². The minimum atomic E-state index is -4.50. The van der Waals surface area contributed by atoms with E-state index in [1.54, 1.807) is 26.0 Å². The van der Waals surface area contributed by atoms with Crippen LogP contribution < -0.4 is 4.72 Å². The first-order valence-electron chi connectivity index (χ1n) is 4.17. The predicted octanol–water partition coefficient (Wildman–Crippen LogP) is 0.836. The molecule has 0 aliphatic rings. The topological polar surface area (TPSA) is 83.5 Å². The zero-order valence-corrected chi connectivity index (χ0v) is 9.13. The monoisotopic (exact) mass is 229 g/mol. The summed E-state index contributed by atoms with van der Waals surface area (Å²) in [6.07, 6.45) is 0. The van der Waals surface area contributed by atoms with Gasteiger partial charge in [-0.2, -0.15) is 8.42 Å². The Hall–Kier alpha value is -1.40. The van der Waals surface area contributed by atoms with Gasteiger partial charge in [0.15, 0.2) is 0 Å². The third kappa shape index (κ3) is 3.03. The largest absolute Gasteiger partial charge is 0.359 e. The van der Waals surface area contributed by atoms with E-state index in [1.165, 1.54) is 10.8 Å². The average Bonchev–Trinajstić information content (AvgIpc) is 2.06. The molecule has 0 heterocycles. The number of nitrogens with one attached hydrogen (secondary N) is 1. The first-order chi connectivity index (χ1) is 6.81. The lowest BCUT2D eigenvalue weighted by molar-refractivity contribution is 0.0978. The summed E-state index contributed by atoms with van der Waals surface area (Å²) in [5, 5.41) is 0. The van der Waals surface area contributed by atoms with Crippen LogP contribution in [0.5, 0.6) is 0 Å². The first-order valence-corrected chi connectivity index (χ1v) is 5.61. The number of carbonyl (C=O) groups is 1. The minimum Gasteiger partial charge on any atom is -0.269 e. The van der Waals surface area contributed by atoms with E-state index < -0.39 is 16.2 Å². The highest BCUT2D eigenvalue weighted by atomic mass is 32.2. The van der Waals surface area contributed by atoms with Crippen LogP contribution in [0, 0.1) is 13.8 Å². The van der Waals surface area contributed by atoms with E-state index in [-0.39, 0.29) is 5.56 Å². The Labute approximate surface area is 88.0 Å². The van der Waals surface area contributed by atoms with Crippen molar-refractivity contribution in [2.24, 2.45) is 0 Å². The molecule has 1 rings (SSSR count). The summed E-state index contributed by atoms with van der Waals surface area (Å²) in [6, 6.07) is 4.93. The van der Waals surface area contributed by atoms with Gasteiger partial charge < -0.3 is 0 Å². The van der Waals surface area contributed by atoms with Crippen molar-refractivity contribution in [3.63, 3.8) is 0 Å². The molecule has 0 saturated heterocycles. The molecule has 0 unspecified atom stereocenters. The van der Waals surface area contributed by atoms with Crippen molar-refractivity contribution < 1.29 is 17.8 Å². The maximum Gasteiger partial charge on any atom is 0.359 e. The highest BCUT2D eigenvalue weighted by Gasteiger charge is 2.14. The Morgan fingerprint density at radius 2 is 1.93 bits per heavy atom. The zero-order chi connectivity index (χ0) is 11.6. The lowest BCUT2D eigenvalue weighted by Gasteiger charge is -2.07. The van der Waals surface area contributed by atoms with Crippen molar-refractivity contribution >= 4 is 16.2 Å². The number of carbonyl (C=O) groups excluding carboxylic acids is 1. The highest BCUT2D eigenvalue weighted by molar-refractivity contribution is 7.84. The van der Waals surface area contributed by atoms with Gasteiger partial charge in [0, 0.05) is 5.56 Å². The summed E-state index contributed by atoms with van der Waals surface area (Å²) in [7, 11) is -4.50. The SMILES string of the molecule is Cc1cccc(C(=O)NS(=O)(=O)O)c1C. The van der Waals surface area contributed by atoms with Crippen LogP contribution in [0.3, 0.4) is 0 Å². The molecule has 15 heavy (non-hydrogen) atoms. The molecule has 1 amide bonds. The normalized spacial score (nSPS) is 11.1. The average molecular weight is 229 g/mol. The highest BCUT2D eigenvalue weighted by Crippen LogP contribution is 2.12. The number of hydrogen-bond donors (Lipinski definition) is 2. The fourth-order valence-electron chi connectivity index (χ4n) is 1.17. The fourth-order valence-corrected chi connectivity index (χ4v) is 1.51. The Morgan fingerprint density at radius 3 is 2.47 bits per heavy atom. The molecule has 0 radical (unpaired) electrons. The maximum atomic E-state index is 11.4. The summed E-state index contributed by atoms with van der Waals surface area (Å²) in [6.45, 7) is 3.51. The molecule has 0 saturated carbocycles. The Balaban J connectivity index is 3.08. The third-order valence-corrected chi connectivity index (χ3v) is 2.51. The lowest BCUT2D eigenvalue weighted by Crippen LogP contribution is -2.30. The van der Waals surface area contributed by atoms with Gasteiger partial charge in [0.05, 0.1) is 0 Å². The number of aryl methyl sites for hydroxylation is 1.